The van der Waals surface area contributed by atoms with E-state index in [0.29, 0.717) is 24.9 Å². The van der Waals surface area contributed by atoms with Gasteiger partial charge in [0.1, 0.15) is 11.5 Å². The molecule has 1 aliphatic heterocycles. The molecule has 4 heteroatoms. The first-order valence-corrected chi connectivity index (χ1v) is 12.2. The van der Waals surface area contributed by atoms with Crippen molar-refractivity contribution in [3.8, 4) is 11.5 Å². The fourth-order valence-corrected chi connectivity index (χ4v) is 4.34. The fraction of sp³-hybridized carbons (Fsp3) is 0.536. The van der Waals surface area contributed by atoms with Crippen LogP contribution in [0.5, 0.6) is 11.5 Å². The molecule has 1 aliphatic rings. The quantitative estimate of drug-likeness (QED) is 0.437. The van der Waals surface area contributed by atoms with E-state index in [2.05, 4.69) is 30.9 Å². The number of piperidine rings is 1. The molecular weight excluding hydrogens is 398 g/mol. The lowest BCUT2D eigenvalue weighted by molar-refractivity contribution is -0.122. The van der Waals surface area contributed by atoms with Gasteiger partial charge in [0.2, 0.25) is 0 Å². The van der Waals surface area contributed by atoms with Crippen molar-refractivity contribution < 1.29 is 14.3 Å². The second-order valence-corrected chi connectivity index (χ2v) is 8.42. The molecule has 2 aromatic carbocycles. The number of ether oxygens (including phenoxy) is 2. The minimum Gasteiger partial charge on any atom is -0.496 e. The summed E-state index contributed by atoms with van der Waals surface area (Å²) in [7, 11) is 1.68. The Morgan fingerprint density at radius 2 is 1.84 bits per heavy atom. The molecule has 0 amide bonds. The van der Waals surface area contributed by atoms with Crippen molar-refractivity contribution in [2.24, 2.45) is 5.92 Å². The highest BCUT2D eigenvalue weighted by molar-refractivity contribution is 5.88. The molecule has 1 fully saturated rings. The van der Waals surface area contributed by atoms with Crippen LogP contribution >= 0.6 is 0 Å². The third kappa shape index (κ3) is 7.67. The van der Waals surface area contributed by atoms with E-state index in [0.717, 1.165) is 55.8 Å². The molecule has 0 spiro atoms. The first-order valence-electron chi connectivity index (χ1n) is 12.2. The molecule has 1 heterocycles. The maximum atomic E-state index is 13.3. The second kappa shape index (κ2) is 13.9. The van der Waals surface area contributed by atoms with Gasteiger partial charge in [0.15, 0.2) is 5.78 Å². The van der Waals surface area contributed by atoms with E-state index in [1.807, 2.05) is 50.2 Å². The number of hydrogen-bond acceptors (Lipinski definition) is 4. The largest absolute Gasteiger partial charge is 0.496 e. The molecule has 0 aliphatic carbocycles. The summed E-state index contributed by atoms with van der Waals surface area (Å²) in [4.78, 5) is 15.6. The zero-order chi connectivity index (χ0) is 23.3. The molecule has 2 unspecified atom stereocenters. The minimum absolute atomic E-state index is 0.102. The molecule has 4 nitrogen and oxygen atoms in total. The highest BCUT2D eigenvalue weighted by Crippen LogP contribution is 2.31. The molecule has 0 bridgehead atoms. The highest BCUT2D eigenvalue weighted by atomic mass is 16.5. The van der Waals surface area contributed by atoms with E-state index < -0.39 is 0 Å². The van der Waals surface area contributed by atoms with Crippen molar-refractivity contribution in [2.75, 3.05) is 33.4 Å². The fourth-order valence-electron chi connectivity index (χ4n) is 4.34. The summed E-state index contributed by atoms with van der Waals surface area (Å²) < 4.78 is 11.5. The highest BCUT2D eigenvalue weighted by Gasteiger charge is 2.27. The number of hydrogen-bond donors (Lipinski definition) is 0. The first-order chi connectivity index (χ1) is 15.6. The van der Waals surface area contributed by atoms with Crippen LogP contribution in [-0.4, -0.2) is 44.0 Å². The molecular formula is C28H41NO3. The monoisotopic (exact) mass is 439 g/mol. The Labute approximate surface area is 194 Å². The average molecular weight is 440 g/mol. The number of carbonyl (C=O) groups is 1. The summed E-state index contributed by atoms with van der Waals surface area (Å²) in [5, 5.41) is 0. The Balaban J connectivity index is 0.00000176. The molecule has 2 aromatic rings. The van der Waals surface area contributed by atoms with E-state index in [-0.39, 0.29) is 5.92 Å². The van der Waals surface area contributed by atoms with E-state index in [1.54, 1.807) is 7.11 Å². The second-order valence-electron chi connectivity index (χ2n) is 8.42. The number of rotatable bonds is 10. The predicted molar refractivity (Wildman–Crippen MR) is 133 cm³/mol. The average Bonchev–Trinajstić information content (AvgIpc) is 2.83. The molecule has 0 radical (unpaired) electrons. The van der Waals surface area contributed by atoms with Crippen molar-refractivity contribution >= 4 is 5.78 Å². The topological polar surface area (TPSA) is 38.8 Å². The zero-order valence-electron chi connectivity index (χ0n) is 20.6. The van der Waals surface area contributed by atoms with Gasteiger partial charge in [-0.05, 0) is 50.9 Å². The lowest BCUT2D eigenvalue weighted by atomic mass is 9.89. The Morgan fingerprint density at radius 3 is 2.53 bits per heavy atom. The van der Waals surface area contributed by atoms with Crippen molar-refractivity contribution in [3.63, 3.8) is 0 Å². The minimum atomic E-state index is -0.102. The van der Waals surface area contributed by atoms with Crippen LogP contribution in [0, 0.1) is 12.8 Å². The Hall–Kier alpha value is -2.33. The van der Waals surface area contributed by atoms with Crippen LogP contribution < -0.4 is 9.47 Å². The lowest BCUT2D eigenvalue weighted by Crippen LogP contribution is -2.41. The molecule has 3 rings (SSSR count). The van der Waals surface area contributed by atoms with Gasteiger partial charge in [0, 0.05) is 23.9 Å². The van der Waals surface area contributed by atoms with Crippen LogP contribution in [0.25, 0.3) is 0 Å². The maximum absolute atomic E-state index is 13.3. The summed E-state index contributed by atoms with van der Waals surface area (Å²) in [5.74, 6) is 2.39. The lowest BCUT2D eigenvalue weighted by Gasteiger charge is -2.33. The van der Waals surface area contributed by atoms with Gasteiger partial charge < -0.3 is 9.47 Å². The van der Waals surface area contributed by atoms with Crippen LogP contribution in [0.3, 0.4) is 0 Å². The number of carbonyl (C=O) groups excluding carboxylic acids is 1. The number of ketones is 1. The van der Waals surface area contributed by atoms with E-state index in [4.69, 9.17) is 9.47 Å². The van der Waals surface area contributed by atoms with E-state index in [9.17, 15) is 4.79 Å². The summed E-state index contributed by atoms with van der Waals surface area (Å²) in [6.07, 6.45) is 4.10. The smallest absolute Gasteiger partial charge is 0.154 e. The number of nitrogens with zero attached hydrogens (tertiary/aromatic N) is 1. The third-order valence-corrected chi connectivity index (χ3v) is 5.97. The first kappa shape index (κ1) is 25.9. The standard InChI is InChI=1S/C26H35NO3.C2H6/c1-4-8-23(24-10-5-6-11-26(24)29-3)25(28)18-27-16-7-9-21(17-27)19-30-22-14-12-20(2)13-15-22;1-2/h5-6,10-15,21,23H,4,7-9,16-19H2,1-3H3;1-2H3. The summed E-state index contributed by atoms with van der Waals surface area (Å²) in [6.45, 7) is 11.3. The Kier molecular flexibility index (Phi) is 11.3. The van der Waals surface area contributed by atoms with Gasteiger partial charge in [-0.3, -0.25) is 9.69 Å². The number of benzene rings is 2. The summed E-state index contributed by atoms with van der Waals surface area (Å²) in [5.41, 5.74) is 2.25. The zero-order valence-corrected chi connectivity index (χ0v) is 20.6. The number of Topliss-reactive ketones (excluding diaryl/α,β-unsaturated/α-hetero) is 1. The van der Waals surface area contributed by atoms with E-state index in [1.165, 1.54) is 5.56 Å². The van der Waals surface area contributed by atoms with Gasteiger partial charge >= 0.3 is 0 Å². The molecule has 0 saturated carbocycles. The number of para-hydroxylation sites is 1. The summed E-state index contributed by atoms with van der Waals surface area (Å²) >= 11 is 0. The number of methoxy groups -OCH3 is 1. The van der Waals surface area contributed by atoms with Crippen LogP contribution in [0.1, 0.15) is 63.5 Å². The number of aryl methyl sites for hydroxylation is 1. The van der Waals surface area contributed by atoms with Gasteiger partial charge in [0.25, 0.3) is 0 Å². The van der Waals surface area contributed by atoms with Gasteiger partial charge in [-0.25, -0.2) is 0 Å². The molecule has 0 N–H and O–H groups in total. The van der Waals surface area contributed by atoms with Crippen LogP contribution in [0.15, 0.2) is 48.5 Å². The van der Waals surface area contributed by atoms with Crippen LogP contribution in [0.4, 0.5) is 0 Å². The molecule has 0 aromatic heterocycles. The SMILES string of the molecule is CC.CCCC(C(=O)CN1CCCC(COc2ccc(C)cc2)C1)c1ccccc1OC. The van der Waals surface area contributed by atoms with Crippen molar-refractivity contribution in [1.82, 2.24) is 4.90 Å². The van der Waals surface area contributed by atoms with Crippen molar-refractivity contribution in [2.45, 2.75) is 59.3 Å². The maximum Gasteiger partial charge on any atom is 0.154 e. The van der Waals surface area contributed by atoms with Crippen molar-refractivity contribution in [1.29, 1.82) is 0 Å². The number of likely N-dealkylation sites (tertiary alicyclic amines) is 1. The Morgan fingerprint density at radius 1 is 1.12 bits per heavy atom. The van der Waals surface area contributed by atoms with Gasteiger partial charge in [-0.1, -0.05) is 63.1 Å². The van der Waals surface area contributed by atoms with Gasteiger partial charge in [-0.2, -0.15) is 0 Å². The molecule has 32 heavy (non-hydrogen) atoms. The van der Waals surface area contributed by atoms with Crippen LogP contribution in [-0.2, 0) is 4.79 Å². The molecule has 2 atom stereocenters. The normalized spacial score (nSPS) is 17.1. The van der Waals surface area contributed by atoms with Gasteiger partial charge in [-0.15, -0.1) is 0 Å². The van der Waals surface area contributed by atoms with E-state index >= 15 is 0 Å². The van der Waals surface area contributed by atoms with Gasteiger partial charge in [0.05, 0.1) is 20.3 Å². The molecule has 1 saturated heterocycles. The summed E-state index contributed by atoms with van der Waals surface area (Å²) in [6, 6.07) is 16.1. The third-order valence-electron chi connectivity index (χ3n) is 5.97. The molecule has 176 valence electrons. The van der Waals surface area contributed by atoms with Crippen molar-refractivity contribution in [3.05, 3.63) is 59.7 Å². The Bertz CT molecular complexity index is 803. The predicted octanol–water partition coefficient (Wildman–Crippen LogP) is 6.27. The van der Waals surface area contributed by atoms with Crippen LogP contribution in [0.2, 0.25) is 0 Å².